The molecule has 0 saturated heterocycles. The Bertz CT molecular complexity index is 2510. The molecule has 0 spiro atoms. The largest absolute Gasteiger partial charge is 0.292 e. The Morgan fingerprint density at radius 2 is 1.46 bits per heavy atom. The highest BCUT2D eigenvalue weighted by atomic mass is 32.1. The molecule has 0 saturated carbocycles. The van der Waals surface area contributed by atoms with Gasteiger partial charge in [-0.05, 0) is 83.4 Å². The monoisotopic (exact) mass is 615 g/mol. The summed E-state index contributed by atoms with van der Waals surface area (Å²) in [6.45, 7) is 6.85. The van der Waals surface area contributed by atoms with Crippen LogP contribution >= 0.6 is 11.3 Å². The van der Waals surface area contributed by atoms with Gasteiger partial charge in [0.2, 0.25) is 0 Å². The Kier molecular flexibility index (Phi) is 5.94. The fourth-order valence-corrected chi connectivity index (χ4v) is 7.89. The fraction of sp³-hybridized carbons (Fsp3) is 0.140. The molecular weight excluding hydrogens is 577 g/mol. The van der Waals surface area contributed by atoms with Crippen LogP contribution in [0.3, 0.4) is 0 Å². The highest BCUT2D eigenvalue weighted by Gasteiger charge is 2.23. The van der Waals surface area contributed by atoms with E-state index in [-0.39, 0.29) is 5.41 Å². The number of imidazole rings is 1. The van der Waals surface area contributed by atoms with Crippen molar-refractivity contribution in [3.8, 4) is 39.3 Å². The molecule has 0 unspecified atom stereocenters. The Hall–Kier alpha value is -4.99. The zero-order chi connectivity index (χ0) is 34.1. The first kappa shape index (κ1) is 25.2. The molecule has 0 bridgehead atoms. The van der Waals surface area contributed by atoms with E-state index in [1.54, 1.807) is 23.5 Å². The summed E-state index contributed by atoms with van der Waals surface area (Å²) in [7, 11) is 0. The first-order valence-corrected chi connectivity index (χ1v) is 16.5. The molecule has 224 valence electrons. The first-order chi connectivity index (χ1) is 23.5. The molecule has 2 nitrogen and oxygen atoms in total. The van der Waals surface area contributed by atoms with E-state index in [0.29, 0.717) is 5.56 Å². The standard InChI is InChI=1S/C43H36N2S/c1-27-15-18-29(19-16-27)31-20-23-33-39(25-31)46-41-34(22-17-28(2)40(33)41)42-44-36-13-9-10-14-38(36)45(42)37-24-21-32(43(3,4)5)26-35(37)30-11-7-6-8-12-30/h6-26H,1-5H3/i1D3. The molecule has 8 aromatic rings. The van der Waals surface area contributed by atoms with Crippen molar-refractivity contribution >= 4 is 42.5 Å². The maximum atomic E-state index is 7.75. The van der Waals surface area contributed by atoms with Crippen molar-refractivity contribution in [3.63, 3.8) is 0 Å². The summed E-state index contributed by atoms with van der Waals surface area (Å²) >= 11 is 1.79. The van der Waals surface area contributed by atoms with Crippen LogP contribution < -0.4 is 0 Å². The predicted octanol–water partition coefficient (Wildman–Crippen LogP) is 12.3. The lowest BCUT2D eigenvalue weighted by Gasteiger charge is -2.23. The first-order valence-electron chi connectivity index (χ1n) is 17.2. The second-order valence-electron chi connectivity index (χ2n) is 13.1. The van der Waals surface area contributed by atoms with Gasteiger partial charge in [0.15, 0.2) is 0 Å². The van der Waals surface area contributed by atoms with Crippen molar-refractivity contribution < 1.29 is 4.11 Å². The smallest absolute Gasteiger partial charge is 0.147 e. The van der Waals surface area contributed by atoms with Gasteiger partial charge in [-0.3, -0.25) is 4.57 Å². The molecule has 0 radical (unpaired) electrons. The highest BCUT2D eigenvalue weighted by molar-refractivity contribution is 7.26. The van der Waals surface area contributed by atoms with Crippen LogP contribution in [0.15, 0.2) is 127 Å². The van der Waals surface area contributed by atoms with Crippen molar-refractivity contribution in [3.05, 3.63) is 144 Å². The molecule has 0 amide bonds. The van der Waals surface area contributed by atoms with Crippen molar-refractivity contribution in [2.24, 2.45) is 0 Å². The number of hydrogen-bond acceptors (Lipinski definition) is 2. The number of benzene rings is 6. The number of para-hydroxylation sites is 2. The summed E-state index contributed by atoms with van der Waals surface area (Å²) in [5.74, 6) is 0.916. The molecule has 8 rings (SSSR count). The Morgan fingerprint density at radius 3 is 2.24 bits per heavy atom. The number of aromatic nitrogens is 2. The SMILES string of the molecule is [2H]C([2H])([2H])c1ccc(-c2ccc3c(c2)sc2c(-c4nc5ccccc5n4-c4ccc(C(C)(C)C)cc4-c4ccccc4)ccc(C)c23)cc1. The van der Waals surface area contributed by atoms with E-state index >= 15 is 0 Å². The van der Waals surface area contributed by atoms with Crippen molar-refractivity contribution in [2.75, 3.05) is 0 Å². The van der Waals surface area contributed by atoms with Gasteiger partial charge in [-0.2, -0.15) is 0 Å². The third kappa shape index (κ3) is 4.74. The zero-order valence-electron chi connectivity index (χ0n) is 29.4. The second-order valence-corrected chi connectivity index (χ2v) is 14.2. The Morgan fingerprint density at radius 1 is 0.696 bits per heavy atom. The van der Waals surface area contributed by atoms with Crippen molar-refractivity contribution in [1.82, 2.24) is 9.55 Å². The topological polar surface area (TPSA) is 17.8 Å². The molecule has 0 aliphatic carbocycles. The normalized spacial score (nSPS) is 13.3. The molecule has 0 aliphatic heterocycles. The van der Waals surface area contributed by atoms with E-state index in [9.17, 15) is 0 Å². The lowest BCUT2D eigenvalue weighted by atomic mass is 9.85. The second kappa shape index (κ2) is 10.8. The van der Waals surface area contributed by atoms with Gasteiger partial charge < -0.3 is 0 Å². The van der Waals surface area contributed by atoms with E-state index in [1.165, 1.54) is 42.4 Å². The molecule has 6 aromatic carbocycles. The van der Waals surface area contributed by atoms with Gasteiger partial charge in [0.25, 0.3) is 0 Å². The summed E-state index contributed by atoms with van der Waals surface area (Å²) in [6, 6.07) is 44.2. The minimum Gasteiger partial charge on any atom is -0.292 e. The van der Waals surface area contributed by atoms with Crippen molar-refractivity contribution in [2.45, 2.75) is 40.0 Å². The molecule has 0 aliphatic rings. The average Bonchev–Trinajstić information content (AvgIpc) is 3.67. The van der Waals surface area contributed by atoms with Gasteiger partial charge >= 0.3 is 0 Å². The third-order valence-electron chi connectivity index (χ3n) is 9.04. The van der Waals surface area contributed by atoms with Gasteiger partial charge in [-0.15, -0.1) is 11.3 Å². The lowest BCUT2D eigenvalue weighted by Crippen LogP contribution is -2.12. The molecule has 3 heteroatoms. The zero-order valence-corrected chi connectivity index (χ0v) is 27.2. The van der Waals surface area contributed by atoms with Crippen LogP contribution in [0.2, 0.25) is 0 Å². The number of thiophene rings is 1. The summed E-state index contributed by atoms with van der Waals surface area (Å²) < 4.78 is 28.0. The predicted molar refractivity (Wildman–Crippen MR) is 198 cm³/mol. The number of rotatable bonds is 4. The van der Waals surface area contributed by atoms with Crippen LogP contribution in [0.5, 0.6) is 0 Å². The number of fused-ring (bicyclic) bond motifs is 4. The van der Waals surface area contributed by atoms with Crippen LogP contribution in [0.1, 0.15) is 41.6 Å². The summed E-state index contributed by atoms with van der Waals surface area (Å²) in [4.78, 5) is 5.33. The number of hydrogen-bond donors (Lipinski definition) is 0. The summed E-state index contributed by atoms with van der Waals surface area (Å²) in [6.07, 6.45) is 0. The summed E-state index contributed by atoms with van der Waals surface area (Å²) in [5, 5.41) is 2.45. The molecule has 46 heavy (non-hydrogen) atoms. The minimum atomic E-state index is -2.12. The van der Waals surface area contributed by atoms with Gasteiger partial charge in [-0.25, -0.2) is 4.98 Å². The van der Waals surface area contributed by atoms with Crippen molar-refractivity contribution in [1.29, 1.82) is 0 Å². The van der Waals surface area contributed by atoms with Gasteiger partial charge in [0, 0.05) is 35.4 Å². The molecule has 2 aromatic heterocycles. The highest BCUT2D eigenvalue weighted by Crippen LogP contribution is 2.44. The molecular formula is C43H36N2S. The van der Waals surface area contributed by atoms with Gasteiger partial charge in [-0.1, -0.05) is 117 Å². The minimum absolute atomic E-state index is 0.00154. The van der Waals surface area contributed by atoms with E-state index in [1.807, 2.05) is 12.1 Å². The van der Waals surface area contributed by atoms with Crippen LogP contribution in [-0.4, -0.2) is 9.55 Å². The van der Waals surface area contributed by atoms with Gasteiger partial charge in [0.1, 0.15) is 5.82 Å². The maximum absolute atomic E-state index is 7.75. The number of aryl methyl sites for hydroxylation is 2. The molecule has 0 fully saturated rings. The van der Waals surface area contributed by atoms with E-state index in [2.05, 4.69) is 135 Å². The molecule has 0 N–H and O–H groups in total. The average molecular weight is 616 g/mol. The quantitative estimate of drug-likeness (QED) is 0.193. The van der Waals surface area contributed by atoms with Crippen LogP contribution in [0, 0.1) is 13.8 Å². The van der Waals surface area contributed by atoms with Crippen LogP contribution in [0.25, 0.3) is 70.5 Å². The molecule has 0 atom stereocenters. The van der Waals surface area contributed by atoms with E-state index < -0.39 is 6.85 Å². The van der Waals surface area contributed by atoms with Crippen LogP contribution in [-0.2, 0) is 5.41 Å². The maximum Gasteiger partial charge on any atom is 0.147 e. The Labute approximate surface area is 278 Å². The van der Waals surface area contributed by atoms with E-state index in [4.69, 9.17) is 9.10 Å². The number of nitrogens with zero attached hydrogens (tertiary/aromatic N) is 2. The van der Waals surface area contributed by atoms with Crippen LogP contribution in [0.4, 0.5) is 0 Å². The fourth-order valence-electron chi connectivity index (χ4n) is 6.56. The Balaban J connectivity index is 1.36. The lowest BCUT2D eigenvalue weighted by molar-refractivity contribution is 0.590. The van der Waals surface area contributed by atoms with E-state index in [0.717, 1.165) is 39.2 Å². The molecule has 2 heterocycles. The summed E-state index contributed by atoms with van der Waals surface area (Å²) in [5.41, 5.74) is 11.5. The van der Waals surface area contributed by atoms with Gasteiger partial charge in [0.05, 0.1) is 16.7 Å². The third-order valence-corrected chi connectivity index (χ3v) is 10.2.